The molecule has 0 heterocycles. The highest BCUT2D eigenvalue weighted by atomic mass is 16.6. The molecule has 2 aromatic rings. The van der Waals surface area contributed by atoms with E-state index in [1.807, 2.05) is 0 Å². The zero-order chi connectivity index (χ0) is 19.1. The average molecular weight is 358 g/mol. The van der Waals surface area contributed by atoms with Gasteiger partial charge < -0.3 is 4.74 Å². The van der Waals surface area contributed by atoms with Crippen LogP contribution in [0.1, 0.15) is 12.5 Å². The van der Waals surface area contributed by atoms with Crippen molar-refractivity contribution >= 4 is 23.5 Å². The maximum absolute atomic E-state index is 11.9. The Hall–Kier alpha value is -3.82. The maximum Gasteiger partial charge on any atom is 0.280 e. The van der Waals surface area contributed by atoms with Crippen molar-refractivity contribution in [2.24, 2.45) is 5.10 Å². The van der Waals surface area contributed by atoms with Crippen LogP contribution in [-0.2, 0) is 4.79 Å². The number of non-ortho nitro benzene ring substituents is 2. The van der Waals surface area contributed by atoms with E-state index >= 15 is 0 Å². The summed E-state index contributed by atoms with van der Waals surface area (Å²) < 4.78 is 5.37. The van der Waals surface area contributed by atoms with E-state index in [1.54, 1.807) is 0 Å². The number of nitro groups is 2. The van der Waals surface area contributed by atoms with Gasteiger partial charge in [0.15, 0.2) is 6.10 Å². The fourth-order valence-corrected chi connectivity index (χ4v) is 1.85. The van der Waals surface area contributed by atoms with E-state index in [-0.39, 0.29) is 11.4 Å². The second kappa shape index (κ2) is 8.33. The summed E-state index contributed by atoms with van der Waals surface area (Å²) in [6.07, 6.45) is 0.450. The van der Waals surface area contributed by atoms with Crippen LogP contribution in [0.2, 0.25) is 0 Å². The number of nitrogens with zero attached hydrogens (tertiary/aromatic N) is 3. The molecule has 1 atom stereocenters. The summed E-state index contributed by atoms with van der Waals surface area (Å²) in [7, 11) is 0. The third-order valence-corrected chi connectivity index (χ3v) is 3.22. The lowest BCUT2D eigenvalue weighted by molar-refractivity contribution is -0.385. The van der Waals surface area contributed by atoms with Gasteiger partial charge in [0.25, 0.3) is 17.3 Å². The number of rotatable bonds is 7. The molecule has 0 radical (unpaired) electrons. The topological polar surface area (TPSA) is 137 Å². The molecule has 0 saturated heterocycles. The van der Waals surface area contributed by atoms with Crippen molar-refractivity contribution in [1.29, 1.82) is 0 Å². The lowest BCUT2D eigenvalue weighted by atomic mass is 10.2. The maximum atomic E-state index is 11.9. The predicted molar refractivity (Wildman–Crippen MR) is 92.0 cm³/mol. The van der Waals surface area contributed by atoms with Gasteiger partial charge in [-0.05, 0) is 36.8 Å². The molecular formula is C16H14N4O6. The van der Waals surface area contributed by atoms with Gasteiger partial charge in [0.05, 0.1) is 16.1 Å². The van der Waals surface area contributed by atoms with Crippen LogP contribution < -0.4 is 10.2 Å². The molecule has 0 aliphatic carbocycles. The molecule has 0 aliphatic heterocycles. The van der Waals surface area contributed by atoms with Gasteiger partial charge in [-0.15, -0.1) is 0 Å². The van der Waals surface area contributed by atoms with E-state index in [9.17, 15) is 25.0 Å². The first-order valence-electron chi connectivity index (χ1n) is 7.35. The fourth-order valence-electron chi connectivity index (χ4n) is 1.85. The van der Waals surface area contributed by atoms with Gasteiger partial charge in [0.2, 0.25) is 0 Å². The molecule has 134 valence electrons. The van der Waals surface area contributed by atoms with Crippen LogP contribution in [-0.4, -0.2) is 28.1 Å². The molecular weight excluding hydrogens is 344 g/mol. The zero-order valence-corrected chi connectivity index (χ0v) is 13.6. The number of nitro benzene ring substituents is 2. The number of hydrazone groups is 1. The van der Waals surface area contributed by atoms with Crippen LogP contribution in [0, 0.1) is 20.2 Å². The number of amides is 1. The van der Waals surface area contributed by atoms with Gasteiger partial charge in [-0.3, -0.25) is 25.0 Å². The number of carbonyl (C=O) groups excluding carboxylic acids is 1. The Morgan fingerprint density at radius 3 is 2.04 bits per heavy atom. The second-order valence-electron chi connectivity index (χ2n) is 5.09. The molecule has 10 nitrogen and oxygen atoms in total. The van der Waals surface area contributed by atoms with Crippen LogP contribution in [0.4, 0.5) is 11.4 Å². The van der Waals surface area contributed by atoms with Crippen LogP contribution in [0.5, 0.6) is 5.75 Å². The SMILES string of the molecule is C[C@H](Oc1ccc([N+](=O)[O-])cc1)C(=O)N/N=C\c1ccc([N+](=O)[O-])cc1. The third-order valence-electron chi connectivity index (χ3n) is 3.22. The Kier molecular flexibility index (Phi) is 5.93. The lowest BCUT2D eigenvalue weighted by Crippen LogP contribution is -2.33. The Balaban J connectivity index is 1.88. The fraction of sp³-hybridized carbons (Fsp3) is 0.125. The standard InChI is InChI=1S/C16H14N4O6/c1-11(26-15-8-6-14(7-9-15)20(24)25)16(21)18-17-10-12-2-4-13(5-3-12)19(22)23/h2-11H,1H3,(H,18,21)/b17-10-/t11-/m0/s1. The lowest BCUT2D eigenvalue weighted by Gasteiger charge is -2.12. The molecule has 26 heavy (non-hydrogen) atoms. The molecule has 0 aliphatic rings. The highest BCUT2D eigenvalue weighted by Crippen LogP contribution is 2.18. The summed E-state index contributed by atoms with van der Waals surface area (Å²) in [5.74, 6) is -0.223. The summed E-state index contributed by atoms with van der Waals surface area (Å²) in [5, 5.41) is 24.9. The normalized spacial score (nSPS) is 11.7. The van der Waals surface area contributed by atoms with E-state index in [0.717, 1.165) is 0 Å². The summed E-state index contributed by atoms with van der Waals surface area (Å²) >= 11 is 0. The third kappa shape index (κ3) is 5.09. The molecule has 0 spiro atoms. The van der Waals surface area contributed by atoms with Gasteiger partial charge >= 0.3 is 0 Å². The van der Waals surface area contributed by atoms with Crippen molar-refractivity contribution in [2.45, 2.75) is 13.0 Å². The minimum atomic E-state index is -0.884. The smallest absolute Gasteiger partial charge is 0.280 e. The molecule has 0 unspecified atom stereocenters. The number of hydrogen-bond donors (Lipinski definition) is 1. The Morgan fingerprint density at radius 2 is 1.54 bits per heavy atom. The molecule has 2 aromatic carbocycles. The Bertz CT molecular complexity index is 833. The van der Waals surface area contributed by atoms with E-state index in [4.69, 9.17) is 4.74 Å². The molecule has 1 amide bonds. The predicted octanol–water partition coefficient (Wildman–Crippen LogP) is 2.42. The summed E-state index contributed by atoms with van der Waals surface area (Å²) in [5.41, 5.74) is 2.72. The first kappa shape index (κ1) is 18.5. The van der Waals surface area contributed by atoms with Gasteiger partial charge in [-0.1, -0.05) is 0 Å². The number of benzene rings is 2. The van der Waals surface area contributed by atoms with Crippen LogP contribution >= 0.6 is 0 Å². The van der Waals surface area contributed by atoms with E-state index in [0.29, 0.717) is 11.3 Å². The Labute approximate surface area is 147 Å². The van der Waals surface area contributed by atoms with Gasteiger partial charge in [-0.2, -0.15) is 5.10 Å². The Morgan fingerprint density at radius 1 is 1.04 bits per heavy atom. The highest BCUT2D eigenvalue weighted by Gasteiger charge is 2.14. The average Bonchev–Trinajstić information content (AvgIpc) is 2.62. The number of ether oxygens (including phenoxy) is 1. The van der Waals surface area contributed by atoms with Crippen LogP contribution in [0.15, 0.2) is 53.6 Å². The van der Waals surface area contributed by atoms with Crippen molar-refractivity contribution in [1.82, 2.24) is 5.43 Å². The first-order chi connectivity index (χ1) is 12.4. The van der Waals surface area contributed by atoms with E-state index in [2.05, 4.69) is 10.5 Å². The van der Waals surface area contributed by atoms with Gasteiger partial charge in [-0.25, -0.2) is 5.43 Å². The van der Waals surface area contributed by atoms with E-state index in [1.165, 1.54) is 61.7 Å². The summed E-state index contributed by atoms with van der Waals surface area (Å²) in [6.45, 7) is 1.50. The van der Waals surface area contributed by atoms with Gasteiger partial charge in [0.1, 0.15) is 5.75 Å². The van der Waals surface area contributed by atoms with Gasteiger partial charge in [0, 0.05) is 24.3 Å². The second-order valence-corrected chi connectivity index (χ2v) is 5.09. The summed E-state index contributed by atoms with van der Waals surface area (Å²) in [6, 6.07) is 11.0. The molecule has 0 fully saturated rings. The van der Waals surface area contributed by atoms with Crippen molar-refractivity contribution in [3.8, 4) is 5.75 Å². The molecule has 0 bridgehead atoms. The minimum absolute atomic E-state index is 0.0451. The largest absolute Gasteiger partial charge is 0.481 e. The first-order valence-corrected chi connectivity index (χ1v) is 7.35. The van der Waals surface area contributed by atoms with Crippen LogP contribution in [0.25, 0.3) is 0 Å². The van der Waals surface area contributed by atoms with Crippen LogP contribution in [0.3, 0.4) is 0 Å². The molecule has 10 heteroatoms. The van der Waals surface area contributed by atoms with Crippen molar-refractivity contribution in [3.05, 3.63) is 74.3 Å². The molecule has 2 rings (SSSR count). The van der Waals surface area contributed by atoms with Crippen molar-refractivity contribution < 1.29 is 19.4 Å². The highest BCUT2D eigenvalue weighted by molar-refractivity contribution is 5.84. The monoisotopic (exact) mass is 358 g/mol. The van der Waals surface area contributed by atoms with Crippen molar-refractivity contribution in [3.63, 3.8) is 0 Å². The number of hydrogen-bond acceptors (Lipinski definition) is 7. The molecule has 0 saturated carbocycles. The number of carbonyl (C=O) groups is 1. The zero-order valence-electron chi connectivity index (χ0n) is 13.6. The summed E-state index contributed by atoms with van der Waals surface area (Å²) in [4.78, 5) is 32.0. The van der Waals surface area contributed by atoms with E-state index < -0.39 is 21.9 Å². The van der Waals surface area contributed by atoms with Crippen molar-refractivity contribution in [2.75, 3.05) is 0 Å². The quantitative estimate of drug-likeness (QED) is 0.458. The number of nitrogens with one attached hydrogen (secondary N) is 1. The molecule has 1 N–H and O–H groups in total. The minimum Gasteiger partial charge on any atom is -0.481 e. The molecule has 0 aromatic heterocycles.